The van der Waals surface area contributed by atoms with Crippen molar-refractivity contribution in [2.75, 3.05) is 37.8 Å². The van der Waals surface area contributed by atoms with Crippen LogP contribution in [-0.2, 0) is 9.84 Å². The van der Waals surface area contributed by atoms with Gasteiger partial charge in [0, 0.05) is 12.1 Å². The Kier molecular flexibility index (Phi) is 6.84. The lowest BCUT2D eigenvalue weighted by Gasteiger charge is -2.21. The molecule has 30 heavy (non-hydrogen) atoms. The van der Waals surface area contributed by atoms with Crippen LogP contribution in [0, 0.1) is 5.82 Å². The number of fused-ring (bicyclic) bond motifs is 1. The Bertz CT molecular complexity index is 1160. The minimum Gasteiger partial charge on any atom is -0.309 e. The zero-order chi connectivity index (χ0) is 21.9. The van der Waals surface area contributed by atoms with Gasteiger partial charge in [-0.3, -0.25) is 9.69 Å². The first kappa shape index (κ1) is 22.3. The van der Waals surface area contributed by atoms with E-state index >= 15 is 0 Å². The maximum absolute atomic E-state index is 14.1. The zero-order valence-corrected chi connectivity index (χ0v) is 18.8. The smallest absolute Gasteiger partial charge is 0.260 e. The molecule has 6 nitrogen and oxygen atoms in total. The third-order valence-electron chi connectivity index (χ3n) is 4.64. The quantitative estimate of drug-likeness (QED) is 0.523. The van der Waals surface area contributed by atoms with Crippen molar-refractivity contribution in [3.63, 3.8) is 0 Å². The average Bonchev–Trinajstić information content (AvgIpc) is 3.16. The summed E-state index contributed by atoms with van der Waals surface area (Å²) in [6, 6.07) is 10.7. The Labute approximate surface area is 179 Å². The molecule has 0 spiro atoms. The van der Waals surface area contributed by atoms with Gasteiger partial charge in [0.2, 0.25) is 0 Å². The second kappa shape index (κ2) is 9.20. The highest BCUT2D eigenvalue weighted by Crippen LogP contribution is 2.31. The molecule has 0 aliphatic rings. The number of para-hydroxylation sites is 1. The van der Waals surface area contributed by atoms with Crippen LogP contribution in [0.1, 0.15) is 23.7 Å². The molecule has 0 radical (unpaired) electrons. The summed E-state index contributed by atoms with van der Waals surface area (Å²) in [4.78, 5) is 21.3. The van der Waals surface area contributed by atoms with Crippen LogP contribution in [0.2, 0.25) is 0 Å². The SMILES string of the molecule is CCS(=O)(=O)c1cccc(C(=O)N(CCCN(C)C)c2nc3c(F)cccc3s2)c1. The molecule has 0 saturated carbocycles. The summed E-state index contributed by atoms with van der Waals surface area (Å²) in [6.45, 7) is 2.70. The van der Waals surface area contributed by atoms with Crippen LogP contribution < -0.4 is 4.90 Å². The Hall–Kier alpha value is -2.36. The summed E-state index contributed by atoms with van der Waals surface area (Å²) < 4.78 is 39.3. The fourth-order valence-corrected chi connectivity index (χ4v) is 4.92. The van der Waals surface area contributed by atoms with E-state index in [2.05, 4.69) is 4.98 Å². The highest BCUT2D eigenvalue weighted by Gasteiger charge is 2.23. The Balaban J connectivity index is 2.00. The average molecular weight is 450 g/mol. The lowest BCUT2D eigenvalue weighted by molar-refractivity contribution is 0.0986. The van der Waals surface area contributed by atoms with Crippen LogP contribution in [0.25, 0.3) is 10.2 Å². The van der Waals surface area contributed by atoms with Gasteiger partial charge >= 0.3 is 0 Å². The van der Waals surface area contributed by atoms with Crippen molar-refractivity contribution >= 4 is 42.4 Å². The molecule has 2 aromatic carbocycles. The molecule has 0 fully saturated rings. The number of carbonyl (C=O) groups excluding carboxylic acids is 1. The van der Waals surface area contributed by atoms with Crippen LogP contribution in [0.3, 0.4) is 0 Å². The summed E-state index contributed by atoms with van der Waals surface area (Å²) in [6.07, 6.45) is 0.685. The van der Waals surface area contributed by atoms with E-state index in [0.717, 1.165) is 6.54 Å². The van der Waals surface area contributed by atoms with Crippen molar-refractivity contribution in [3.8, 4) is 0 Å². The van der Waals surface area contributed by atoms with Crippen LogP contribution in [0.5, 0.6) is 0 Å². The molecule has 3 rings (SSSR count). The van der Waals surface area contributed by atoms with E-state index in [0.29, 0.717) is 22.8 Å². The number of hydrogen-bond acceptors (Lipinski definition) is 6. The summed E-state index contributed by atoms with van der Waals surface area (Å²) in [5, 5.41) is 0.391. The van der Waals surface area contributed by atoms with E-state index in [9.17, 15) is 17.6 Å². The molecule has 0 bridgehead atoms. The largest absolute Gasteiger partial charge is 0.309 e. The topological polar surface area (TPSA) is 70.6 Å². The highest BCUT2D eigenvalue weighted by atomic mass is 32.2. The Morgan fingerprint density at radius 2 is 1.87 bits per heavy atom. The second-order valence-electron chi connectivity index (χ2n) is 7.13. The summed E-state index contributed by atoms with van der Waals surface area (Å²) in [7, 11) is 0.447. The molecule has 0 atom stereocenters. The highest BCUT2D eigenvalue weighted by molar-refractivity contribution is 7.91. The first-order chi connectivity index (χ1) is 14.2. The van der Waals surface area contributed by atoms with E-state index in [4.69, 9.17) is 0 Å². The number of sulfone groups is 1. The molecule has 0 aliphatic carbocycles. The van der Waals surface area contributed by atoms with Gasteiger partial charge in [-0.2, -0.15) is 0 Å². The molecule has 1 amide bonds. The molecule has 1 heterocycles. The molecular formula is C21H24FN3O3S2. The summed E-state index contributed by atoms with van der Waals surface area (Å²) >= 11 is 1.24. The first-order valence-corrected chi connectivity index (χ1v) is 12.0. The van der Waals surface area contributed by atoms with Crippen LogP contribution >= 0.6 is 11.3 Å². The van der Waals surface area contributed by atoms with E-state index in [1.54, 1.807) is 31.2 Å². The molecular weight excluding hydrogens is 425 g/mol. The van der Waals surface area contributed by atoms with Gasteiger partial charge in [0.15, 0.2) is 15.0 Å². The lowest BCUT2D eigenvalue weighted by Crippen LogP contribution is -2.33. The van der Waals surface area contributed by atoms with Gasteiger partial charge in [0.1, 0.15) is 11.3 Å². The van der Waals surface area contributed by atoms with Crippen molar-refractivity contribution in [1.29, 1.82) is 0 Å². The second-order valence-corrected chi connectivity index (χ2v) is 10.4. The number of halogens is 1. The number of amides is 1. The number of nitrogens with zero attached hydrogens (tertiary/aromatic N) is 3. The molecule has 0 saturated heterocycles. The molecule has 9 heteroatoms. The predicted molar refractivity (Wildman–Crippen MR) is 119 cm³/mol. The van der Waals surface area contributed by atoms with Crippen molar-refractivity contribution < 1.29 is 17.6 Å². The van der Waals surface area contributed by atoms with Crippen molar-refractivity contribution in [2.45, 2.75) is 18.2 Å². The summed E-state index contributed by atoms with van der Waals surface area (Å²) in [5.74, 6) is -0.845. The van der Waals surface area contributed by atoms with Gasteiger partial charge < -0.3 is 4.90 Å². The minimum absolute atomic E-state index is 0.0473. The fraction of sp³-hybridized carbons (Fsp3) is 0.333. The number of anilines is 1. The van der Waals surface area contributed by atoms with E-state index in [-0.39, 0.29) is 27.6 Å². The minimum atomic E-state index is -3.44. The Morgan fingerprint density at radius 3 is 2.53 bits per heavy atom. The molecule has 3 aromatic rings. The normalized spacial score (nSPS) is 11.9. The monoisotopic (exact) mass is 449 g/mol. The van der Waals surface area contributed by atoms with Crippen LogP contribution in [0.4, 0.5) is 9.52 Å². The van der Waals surface area contributed by atoms with Crippen LogP contribution in [-0.4, -0.2) is 57.1 Å². The number of carbonyl (C=O) groups is 1. The molecule has 160 valence electrons. The number of hydrogen-bond donors (Lipinski definition) is 0. The molecule has 1 aromatic heterocycles. The van der Waals surface area contributed by atoms with Gasteiger partial charge in [-0.1, -0.05) is 30.4 Å². The third-order valence-corrected chi connectivity index (χ3v) is 7.42. The fourth-order valence-electron chi connectivity index (χ4n) is 2.99. The standard InChI is InChI=1S/C21H24FN3O3S2/c1-4-30(27,28)16-9-5-8-15(14-16)20(26)25(13-7-12-24(2)3)21-23-19-17(22)10-6-11-18(19)29-21/h5-6,8-11,14H,4,7,12-13H2,1-3H3. The number of benzene rings is 2. The van der Waals surface area contributed by atoms with Gasteiger partial charge in [0.05, 0.1) is 15.3 Å². The van der Waals surface area contributed by atoms with E-state index in [1.165, 1.54) is 34.4 Å². The van der Waals surface area contributed by atoms with E-state index in [1.807, 2.05) is 19.0 Å². The van der Waals surface area contributed by atoms with Crippen molar-refractivity contribution in [2.24, 2.45) is 0 Å². The molecule has 0 N–H and O–H groups in total. The predicted octanol–water partition coefficient (Wildman–Crippen LogP) is 3.83. The lowest BCUT2D eigenvalue weighted by atomic mass is 10.2. The first-order valence-electron chi connectivity index (χ1n) is 9.57. The number of thiazole rings is 1. The third kappa shape index (κ3) is 4.85. The summed E-state index contributed by atoms with van der Waals surface area (Å²) in [5.41, 5.74) is 0.485. The van der Waals surface area contributed by atoms with Crippen LogP contribution in [0.15, 0.2) is 47.4 Å². The number of rotatable bonds is 8. The van der Waals surface area contributed by atoms with Gasteiger partial charge in [-0.25, -0.2) is 17.8 Å². The number of aromatic nitrogens is 1. The van der Waals surface area contributed by atoms with Gasteiger partial charge in [-0.05, 0) is 57.4 Å². The Morgan fingerprint density at radius 1 is 1.13 bits per heavy atom. The molecule has 0 unspecified atom stereocenters. The molecule has 0 aliphatic heterocycles. The van der Waals surface area contributed by atoms with Crippen molar-refractivity contribution in [1.82, 2.24) is 9.88 Å². The maximum Gasteiger partial charge on any atom is 0.260 e. The zero-order valence-electron chi connectivity index (χ0n) is 17.1. The van der Waals surface area contributed by atoms with Gasteiger partial charge in [-0.15, -0.1) is 0 Å². The maximum atomic E-state index is 14.1. The van der Waals surface area contributed by atoms with Gasteiger partial charge in [0.25, 0.3) is 5.91 Å². The van der Waals surface area contributed by atoms with Crippen molar-refractivity contribution in [3.05, 3.63) is 53.8 Å². The van der Waals surface area contributed by atoms with E-state index < -0.39 is 15.7 Å².